The van der Waals surface area contributed by atoms with Crippen molar-refractivity contribution in [1.82, 2.24) is 9.30 Å². The van der Waals surface area contributed by atoms with Crippen molar-refractivity contribution in [3.8, 4) is 0 Å². The number of ether oxygens (including phenoxy) is 1. The summed E-state index contributed by atoms with van der Waals surface area (Å²) >= 11 is 0. The molecule has 0 saturated carbocycles. The third kappa shape index (κ3) is 3.36. The second-order valence-electron chi connectivity index (χ2n) is 7.31. The average Bonchev–Trinajstić information content (AvgIpc) is 2.88. The highest BCUT2D eigenvalue weighted by Gasteiger charge is 2.21. The van der Waals surface area contributed by atoms with E-state index in [2.05, 4.69) is 60.5 Å². The van der Waals surface area contributed by atoms with E-state index >= 15 is 0 Å². The summed E-state index contributed by atoms with van der Waals surface area (Å²) in [5.74, 6) is 0. The van der Waals surface area contributed by atoms with Gasteiger partial charge in [-0.1, -0.05) is 26.8 Å². The molecule has 1 aliphatic rings. The van der Waals surface area contributed by atoms with Gasteiger partial charge in [0.2, 0.25) is 0 Å². The van der Waals surface area contributed by atoms with Crippen LogP contribution in [0.2, 0.25) is 0 Å². The lowest BCUT2D eigenvalue weighted by atomic mass is 9.86. The van der Waals surface area contributed by atoms with Gasteiger partial charge in [-0.2, -0.15) is 0 Å². The van der Waals surface area contributed by atoms with E-state index in [4.69, 9.17) is 4.74 Å². The molecule has 0 aliphatic carbocycles. The van der Waals surface area contributed by atoms with Crippen molar-refractivity contribution in [2.45, 2.75) is 39.0 Å². The van der Waals surface area contributed by atoms with Crippen LogP contribution >= 0.6 is 0 Å². The third-order valence-corrected chi connectivity index (χ3v) is 4.58. The van der Waals surface area contributed by atoms with Crippen LogP contribution in [-0.2, 0) is 16.6 Å². The summed E-state index contributed by atoms with van der Waals surface area (Å²) in [5, 5.41) is 0. The number of hydrogen-bond acceptors (Lipinski definition) is 2. The Balaban J connectivity index is 1.76. The maximum absolute atomic E-state index is 5.43. The van der Waals surface area contributed by atoms with Gasteiger partial charge in [0.25, 0.3) is 0 Å². The predicted molar refractivity (Wildman–Crippen MR) is 91.7 cm³/mol. The molecule has 22 heavy (non-hydrogen) atoms. The number of rotatable bonds is 4. The van der Waals surface area contributed by atoms with Gasteiger partial charge in [-0.3, -0.25) is 4.90 Å². The number of pyridine rings is 1. The fraction of sp³-hybridized carbons (Fsp3) is 0.579. The summed E-state index contributed by atoms with van der Waals surface area (Å²) in [6, 6.07) is 8.83. The summed E-state index contributed by atoms with van der Waals surface area (Å²) < 4.78 is 7.80. The fourth-order valence-corrected chi connectivity index (χ4v) is 3.38. The van der Waals surface area contributed by atoms with Gasteiger partial charge < -0.3 is 9.14 Å². The molecule has 0 aromatic carbocycles. The molecule has 3 rings (SSSR count). The van der Waals surface area contributed by atoms with E-state index in [1.807, 2.05) is 0 Å². The van der Waals surface area contributed by atoms with Crippen LogP contribution in [0.5, 0.6) is 0 Å². The maximum atomic E-state index is 5.43. The monoisotopic (exact) mass is 300 g/mol. The van der Waals surface area contributed by atoms with Crippen molar-refractivity contribution in [3.63, 3.8) is 0 Å². The minimum atomic E-state index is 0.195. The lowest BCUT2D eigenvalue weighted by molar-refractivity contribution is 0.0374. The fourth-order valence-electron chi connectivity index (χ4n) is 3.38. The first-order valence-electron chi connectivity index (χ1n) is 8.45. The molecule has 2 aromatic heterocycles. The van der Waals surface area contributed by atoms with E-state index in [1.165, 1.54) is 29.7 Å². The SMILES string of the molecule is CC(C)(C)c1cc2ccccn2c1CCCN1CCOCC1. The van der Waals surface area contributed by atoms with Crippen LogP contribution in [0.3, 0.4) is 0 Å². The summed E-state index contributed by atoms with van der Waals surface area (Å²) in [4.78, 5) is 2.52. The standard InChI is InChI=1S/C19H28N2O/c1-19(2,3)17-15-16-7-4-5-10-21(16)18(17)8-6-9-20-11-13-22-14-12-20/h4-5,7,10,15H,6,8-9,11-14H2,1-3H3. The molecule has 1 fully saturated rings. The largest absolute Gasteiger partial charge is 0.379 e. The zero-order chi connectivity index (χ0) is 15.6. The van der Waals surface area contributed by atoms with Gasteiger partial charge in [-0.25, -0.2) is 0 Å². The Hall–Kier alpha value is -1.32. The van der Waals surface area contributed by atoms with Crippen LogP contribution in [0.25, 0.3) is 5.52 Å². The molecule has 120 valence electrons. The highest BCUT2D eigenvalue weighted by Crippen LogP contribution is 2.30. The summed E-state index contributed by atoms with van der Waals surface area (Å²) in [7, 11) is 0. The molecule has 0 bridgehead atoms. The highest BCUT2D eigenvalue weighted by molar-refractivity contribution is 5.55. The minimum Gasteiger partial charge on any atom is -0.379 e. The van der Waals surface area contributed by atoms with Crippen molar-refractivity contribution in [2.24, 2.45) is 0 Å². The molecular weight excluding hydrogens is 272 g/mol. The van der Waals surface area contributed by atoms with Crippen LogP contribution in [0.4, 0.5) is 0 Å². The molecule has 0 atom stereocenters. The third-order valence-electron chi connectivity index (χ3n) is 4.58. The molecule has 0 spiro atoms. The van der Waals surface area contributed by atoms with Gasteiger partial charge in [-0.15, -0.1) is 0 Å². The molecule has 3 heterocycles. The number of nitrogens with zero attached hydrogens (tertiary/aromatic N) is 2. The van der Waals surface area contributed by atoms with Gasteiger partial charge in [0.1, 0.15) is 0 Å². The van der Waals surface area contributed by atoms with Crippen LogP contribution in [0.15, 0.2) is 30.5 Å². The lowest BCUT2D eigenvalue weighted by Crippen LogP contribution is -2.37. The first kappa shape index (κ1) is 15.6. The van der Waals surface area contributed by atoms with Crippen molar-refractivity contribution in [3.05, 3.63) is 41.7 Å². The average molecular weight is 300 g/mol. The van der Waals surface area contributed by atoms with E-state index < -0.39 is 0 Å². The molecular formula is C19H28N2O. The zero-order valence-corrected chi connectivity index (χ0v) is 14.1. The number of aryl methyl sites for hydroxylation is 1. The Bertz CT molecular complexity index is 618. The molecule has 3 nitrogen and oxygen atoms in total. The molecule has 0 radical (unpaired) electrons. The van der Waals surface area contributed by atoms with Gasteiger partial charge in [0, 0.05) is 30.5 Å². The molecule has 0 N–H and O–H groups in total. The van der Waals surface area contributed by atoms with Gasteiger partial charge in [-0.05, 0) is 48.6 Å². The number of fused-ring (bicyclic) bond motifs is 1. The van der Waals surface area contributed by atoms with Crippen LogP contribution in [0.1, 0.15) is 38.4 Å². The quantitative estimate of drug-likeness (QED) is 0.859. The predicted octanol–water partition coefficient (Wildman–Crippen LogP) is 3.50. The summed E-state index contributed by atoms with van der Waals surface area (Å²) in [5.41, 5.74) is 4.48. The van der Waals surface area contributed by atoms with E-state index in [1.54, 1.807) is 0 Å². The first-order chi connectivity index (χ1) is 10.6. The van der Waals surface area contributed by atoms with E-state index in [0.717, 1.165) is 32.7 Å². The molecule has 0 amide bonds. The molecule has 0 unspecified atom stereocenters. The normalized spacial score (nSPS) is 17.2. The van der Waals surface area contributed by atoms with Gasteiger partial charge in [0.15, 0.2) is 0 Å². The van der Waals surface area contributed by atoms with E-state index in [-0.39, 0.29) is 5.41 Å². The van der Waals surface area contributed by atoms with Crippen molar-refractivity contribution >= 4 is 5.52 Å². The van der Waals surface area contributed by atoms with Crippen LogP contribution in [-0.4, -0.2) is 42.1 Å². The Morgan fingerprint density at radius 3 is 2.64 bits per heavy atom. The van der Waals surface area contributed by atoms with Gasteiger partial charge in [0.05, 0.1) is 13.2 Å². The summed E-state index contributed by atoms with van der Waals surface area (Å²) in [6.45, 7) is 12.1. The summed E-state index contributed by atoms with van der Waals surface area (Å²) in [6.07, 6.45) is 4.56. The van der Waals surface area contributed by atoms with Crippen molar-refractivity contribution in [1.29, 1.82) is 0 Å². The second-order valence-corrected chi connectivity index (χ2v) is 7.31. The van der Waals surface area contributed by atoms with E-state index in [9.17, 15) is 0 Å². The molecule has 3 heteroatoms. The Kier molecular flexibility index (Phi) is 4.55. The van der Waals surface area contributed by atoms with Crippen molar-refractivity contribution in [2.75, 3.05) is 32.8 Å². The second kappa shape index (κ2) is 6.43. The Labute approximate surface area is 133 Å². The lowest BCUT2D eigenvalue weighted by Gasteiger charge is -2.26. The zero-order valence-electron chi connectivity index (χ0n) is 14.1. The minimum absolute atomic E-state index is 0.195. The van der Waals surface area contributed by atoms with Crippen molar-refractivity contribution < 1.29 is 4.74 Å². The molecule has 2 aromatic rings. The smallest absolute Gasteiger partial charge is 0.0594 e. The van der Waals surface area contributed by atoms with Crippen LogP contribution in [0, 0.1) is 0 Å². The Morgan fingerprint density at radius 2 is 1.91 bits per heavy atom. The Morgan fingerprint density at radius 1 is 1.14 bits per heavy atom. The first-order valence-corrected chi connectivity index (χ1v) is 8.45. The van der Waals surface area contributed by atoms with Gasteiger partial charge >= 0.3 is 0 Å². The topological polar surface area (TPSA) is 16.9 Å². The van der Waals surface area contributed by atoms with Crippen LogP contribution < -0.4 is 0 Å². The highest BCUT2D eigenvalue weighted by atomic mass is 16.5. The maximum Gasteiger partial charge on any atom is 0.0594 e. The molecule has 1 aliphatic heterocycles. The molecule has 1 saturated heterocycles. The van der Waals surface area contributed by atoms with E-state index in [0.29, 0.717) is 0 Å². The number of aromatic nitrogens is 1. The number of morpholine rings is 1. The number of hydrogen-bond donors (Lipinski definition) is 0.